The number of aromatic hydroxyl groups is 1. The fourth-order valence-corrected chi connectivity index (χ4v) is 4.25. The molecule has 0 atom stereocenters. The van der Waals surface area contributed by atoms with Gasteiger partial charge in [0.25, 0.3) is 11.8 Å². The Morgan fingerprint density at radius 1 is 0.976 bits per heavy atom. The Balaban J connectivity index is 1.39. The number of hydrogen-bond acceptors (Lipinski definition) is 8. The number of benzene rings is 2. The molecule has 5 aromatic rings. The summed E-state index contributed by atoms with van der Waals surface area (Å²) in [4.78, 5) is 26.0. The molecule has 0 bridgehead atoms. The smallest absolute Gasteiger partial charge is 0.261 e. The standard InChI is InChI=1S/C31H26F2N4O5/c1-16(2)41-31-26(40-4)14-23-28(37-31)25(11-12-34-23)42-24-10-9-20(13-22(24)33)36-30(39)21-15-35-17(3)27(29(21)38)18-5-7-19(32)8-6-18/h5-16H,1-4H3,(H,35,38)(H,36,39). The van der Waals surface area contributed by atoms with E-state index in [9.17, 15) is 14.3 Å². The number of aromatic nitrogens is 3. The lowest BCUT2D eigenvalue weighted by atomic mass is 10.0. The van der Waals surface area contributed by atoms with Crippen molar-refractivity contribution in [2.45, 2.75) is 26.9 Å². The molecule has 214 valence electrons. The van der Waals surface area contributed by atoms with Gasteiger partial charge in [0.05, 0.1) is 18.7 Å². The molecule has 0 saturated heterocycles. The highest BCUT2D eigenvalue weighted by molar-refractivity contribution is 6.07. The summed E-state index contributed by atoms with van der Waals surface area (Å²) < 4.78 is 45.5. The van der Waals surface area contributed by atoms with Crippen molar-refractivity contribution in [3.63, 3.8) is 0 Å². The number of fused-ring (bicyclic) bond motifs is 1. The lowest BCUT2D eigenvalue weighted by Crippen LogP contribution is -2.13. The molecule has 0 spiro atoms. The summed E-state index contributed by atoms with van der Waals surface area (Å²) in [7, 11) is 1.49. The average molecular weight is 573 g/mol. The Morgan fingerprint density at radius 3 is 2.43 bits per heavy atom. The molecule has 0 aliphatic carbocycles. The predicted molar refractivity (Wildman–Crippen MR) is 152 cm³/mol. The lowest BCUT2D eigenvalue weighted by molar-refractivity contribution is 0.102. The molecule has 11 heteroatoms. The minimum Gasteiger partial charge on any atom is -0.506 e. The highest BCUT2D eigenvalue weighted by Crippen LogP contribution is 2.37. The second-order valence-electron chi connectivity index (χ2n) is 9.53. The van der Waals surface area contributed by atoms with E-state index < -0.39 is 17.5 Å². The molecule has 0 unspecified atom stereocenters. The van der Waals surface area contributed by atoms with Gasteiger partial charge in [0.1, 0.15) is 22.6 Å². The number of aryl methyl sites for hydroxylation is 1. The normalized spacial score (nSPS) is 11.0. The molecule has 1 amide bonds. The van der Waals surface area contributed by atoms with Crippen molar-refractivity contribution in [2.75, 3.05) is 12.4 Å². The van der Waals surface area contributed by atoms with Gasteiger partial charge >= 0.3 is 0 Å². The van der Waals surface area contributed by atoms with Crippen LogP contribution in [0.3, 0.4) is 0 Å². The lowest BCUT2D eigenvalue weighted by Gasteiger charge is -2.15. The van der Waals surface area contributed by atoms with Gasteiger partial charge in [-0.05, 0) is 50.6 Å². The van der Waals surface area contributed by atoms with Crippen LogP contribution in [0.1, 0.15) is 29.9 Å². The summed E-state index contributed by atoms with van der Waals surface area (Å²) in [6.07, 6.45) is 2.54. The molecule has 5 rings (SSSR count). The van der Waals surface area contributed by atoms with Crippen LogP contribution in [-0.4, -0.2) is 39.2 Å². The first-order chi connectivity index (χ1) is 20.1. The number of nitrogens with zero attached hydrogens (tertiary/aromatic N) is 3. The van der Waals surface area contributed by atoms with Crippen LogP contribution in [0, 0.1) is 18.6 Å². The predicted octanol–water partition coefficient (Wildman–Crippen LogP) is 6.82. The van der Waals surface area contributed by atoms with Crippen molar-refractivity contribution in [3.05, 3.63) is 89.9 Å². The van der Waals surface area contributed by atoms with Gasteiger partial charge in [0.15, 0.2) is 23.1 Å². The number of halogens is 2. The van der Waals surface area contributed by atoms with Crippen LogP contribution in [-0.2, 0) is 0 Å². The third kappa shape index (κ3) is 5.75. The van der Waals surface area contributed by atoms with Crippen molar-refractivity contribution in [3.8, 4) is 40.0 Å². The number of pyridine rings is 3. The number of methoxy groups -OCH3 is 1. The highest BCUT2D eigenvalue weighted by atomic mass is 19.1. The second kappa shape index (κ2) is 11.7. The van der Waals surface area contributed by atoms with Crippen LogP contribution < -0.4 is 19.5 Å². The number of amides is 1. The third-order valence-electron chi connectivity index (χ3n) is 6.20. The van der Waals surface area contributed by atoms with Crippen LogP contribution in [0.25, 0.3) is 22.2 Å². The van der Waals surface area contributed by atoms with Crippen molar-refractivity contribution in [2.24, 2.45) is 0 Å². The molecular formula is C31H26F2N4O5. The first-order valence-electron chi connectivity index (χ1n) is 12.9. The number of nitrogens with one attached hydrogen (secondary N) is 1. The largest absolute Gasteiger partial charge is 0.506 e. The fourth-order valence-electron chi connectivity index (χ4n) is 4.25. The zero-order valence-electron chi connectivity index (χ0n) is 23.1. The maximum absolute atomic E-state index is 15.2. The molecular weight excluding hydrogens is 546 g/mol. The van der Waals surface area contributed by atoms with Gasteiger partial charge in [-0.15, -0.1) is 0 Å². The summed E-state index contributed by atoms with van der Waals surface area (Å²) in [5.41, 5.74) is 1.99. The molecule has 2 aromatic carbocycles. The molecule has 9 nitrogen and oxygen atoms in total. The van der Waals surface area contributed by atoms with Crippen molar-refractivity contribution < 1.29 is 32.9 Å². The minimum atomic E-state index is -0.761. The molecule has 0 radical (unpaired) electrons. The quantitative estimate of drug-likeness (QED) is 0.208. The van der Waals surface area contributed by atoms with Crippen molar-refractivity contribution in [1.29, 1.82) is 0 Å². The van der Waals surface area contributed by atoms with E-state index in [0.29, 0.717) is 28.0 Å². The molecule has 0 aliphatic rings. The van der Waals surface area contributed by atoms with E-state index in [1.807, 2.05) is 13.8 Å². The third-order valence-corrected chi connectivity index (χ3v) is 6.20. The van der Waals surface area contributed by atoms with Crippen molar-refractivity contribution >= 4 is 22.6 Å². The number of hydrogen-bond donors (Lipinski definition) is 2. The summed E-state index contributed by atoms with van der Waals surface area (Å²) in [5.74, 6) is -1.50. The van der Waals surface area contributed by atoms with E-state index in [1.54, 1.807) is 19.1 Å². The topological polar surface area (TPSA) is 116 Å². The van der Waals surface area contributed by atoms with Crippen LogP contribution in [0.5, 0.6) is 28.9 Å². The Hall–Kier alpha value is -5.32. The van der Waals surface area contributed by atoms with Crippen LogP contribution in [0.4, 0.5) is 14.5 Å². The SMILES string of the molecule is COc1cc2nccc(Oc3ccc(NC(=O)c4cnc(C)c(-c5ccc(F)cc5)c4O)cc3F)c2nc1OC(C)C. The van der Waals surface area contributed by atoms with Gasteiger partial charge < -0.3 is 24.6 Å². The van der Waals surface area contributed by atoms with Crippen molar-refractivity contribution in [1.82, 2.24) is 15.0 Å². The summed E-state index contributed by atoms with van der Waals surface area (Å²) in [5, 5.41) is 13.4. The Labute approximate surface area is 239 Å². The van der Waals surface area contributed by atoms with Gasteiger partial charge in [-0.3, -0.25) is 14.8 Å². The van der Waals surface area contributed by atoms with Gasteiger partial charge in [0, 0.05) is 47.5 Å². The first kappa shape index (κ1) is 28.2. The maximum Gasteiger partial charge on any atom is 0.261 e. The van der Waals surface area contributed by atoms with Gasteiger partial charge in [0.2, 0.25) is 0 Å². The maximum atomic E-state index is 15.2. The number of carbonyl (C=O) groups is 1. The van der Waals surface area contributed by atoms with Crippen LogP contribution in [0.15, 0.2) is 67.0 Å². The van der Waals surface area contributed by atoms with E-state index in [-0.39, 0.29) is 46.0 Å². The van der Waals surface area contributed by atoms with E-state index >= 15 is 4.39 Å². The van der Waals surface area contributed by atoms with Gasteiger partial charge in [-0.2, -0.15) is 0 Å². The molecule has 0 fully saturated rings. The van der Waals surface area contributed by atoms with E-state index in [1.165, 1.54) is 55.9 Å². The van der Waals surface area contributed by atoms with Gasteiger partial charge in [-0.1, -0.05) is 12.1 Å². The Kier molecular flexibility index (Phi) is 7.83. The van der Waals surface area contributed by atoms with E-state index in [0.717, 1.165) is 6.07 Å². The fraction of sp³-hybridized carbons (Fsp3) is 0.161. The van der Waals surface area contributed by atoms with E-state index in [2.05, 4.69) is 20.3 Å². The number of ether oxygens (including phenoxy) is 3. The molecule has 0 aliphatic heterocycles. The van der Waals surface area contributed by atoms with Gasteiger partial charge in [-0.25, -0.2) is 13.8 Å². The zero-order valence-corrected chi connectivity index (χ0v) is 23.1. The van der Waals surface area contributed by atoms with Crippen LogP contribution >= 0.6 is 0 Å². The molecule has 3 heterocycles. The number of anilines is 1. The monoisotopic (exact) mass is 572 g/mol. The van der Waals surface area contributed by atoms with E-state index in [4.69, 9.17) is 14.2 Å². The number of rotatable bonds is 8. The average Bonchev–Trinajstić information content (AvgIpc) is 2.95. The number of carbonyl (C=O) groups excluding carboxylic acids is 1. The Morgan fingerprint density at radius 2 is 1.74 bits per heavy atom. The first-order valence-corrected chi connectivity index (χ1v) is 12.9. The molecule has 0 saturated carbocycles. The summed E-state index contributed by atoms with van der Waals surface area (Å²) >= 11 is 0. The highest BCUT2D eigenvalue weighted by Gasteiger charge is 2.20. The van der Waals surface area contributed by atoms with Crippen LogP contribution in [0.2, 0.25) is 0 Å². The zero-order chi connectivity index (χ0) is 30.0. The summed E-state index contributed by atoms with van der Waals surface area (Å²) in [6.45, 7) is 5.36. The minimum absolute atomic E-state index is 0.114. The molecule has 2 N–H and O–H groups in total. The molecule has 42 heavy (non-hydrogen) atoms. The second-order valence-corrected chi connectivity index (χ2v) is 9.53. The summed E-state index contributed by atoms with van der Waals surface area (Å²) in [6, 6.07) is 12.5. The molecule has 3 aromatic heterocycles. The Bertz CT molecular complexity index is 1800.